The summed E-state index contributed by atoms with van der Waals surface area (Å²) in [4.78, 5) is 12.0. The van der Waals surface area contributed by atoms with E-state index in [-0.39, 0.29) is 18.1 Å². The van der Waals surface area contributed by atoms with Crippen LogP contribution in [0.1, 0.15) is 43.8 Å². The van der Waals surface area contributed by atoms with E-state index in [0.29, 0.717) is 12.1 Å². The summed E-state index contributed by atoms with van der Waals surface area (Å²) in [6.07, 6.45) is 4.13. The first-order valence-electron chi connectivity index (χ1n) is 7.40. The second-order valence-corrected chi connectivity index (χ2v) is 5.81. The molecule has 0 aliphatic carbocycles. The Balaban J connectivity index is 1.88. The molecule has 22 heavy (non-hydrogen) atoms. The monoisotopic (exact) mass is 305 g/mol. The fourth-order valence-electron chi connectivity index (χ4n) is 2.23. The Labute approximate surface area is 130 Å². The summed E-state index contributed by atoms with van der Waals surface area (Å²) in [5, 5.41) is 13.8. The molecule has 2 N–H and O–H groups in total. The highest BCUT2D eigenvalue weighted by molar-refractivity contribution is 5.89. The molecule has 2 rings (SSSR count). The van der Waals surface area contributed by atoms with Crippen molar-refractivity contribution in [1.29, 1.82) is 0 Å². The van der Waals surface area contributed by atoms with Crippen molar-refractivity contribution < 1.29 is 9.32 Å². The molecule has 0 aromatic carbocycles. The molecule has 1 atom stereocenters. The van der Waals surface area contributed by atoms with Crippen molar-refractivity contribution in [2.45, 2.75) is 53.1 Å². The molecule has 7 heteroatoms. The maximum atomic E-state index is 12.0. The van der Waals surface area contributed by atoms with Gasteiger partial charge >= 0.3 is 6.03 Å². The van der Waals surface area contributed by atoms with Gasteiger partial charge in [-0.1, -0.05) is 5.16 Å². The number of hydrogen-bond acceptors (Lipinski definition) is 4. The van der Waals surface area contributed by atoms with Gasteiger partial charge in [0.15, 0.2) is 0 Å². The van der Waals surface area contributed by atoms with Crippen LogP contribution in [0.15, 0.2) is 16.9 Å². The Kier molecular flexibility index (Phi) is 4.85. The Morgan fingerprint density at radius 3 is 2.64 bits per heavy atom. The van der Waals surface area contributed by atoms with E-state index < -0.39 is 0 Å². The van der Waals surface area contributed by atoms with Gasteiger partial charge in [-0.25, -0.2) is 4.79 Å². The molecule has 2 heterocycles. The summed E-state index contributed by atoms with van der Waals surface area (Å²) < 4.78 is 6.93. The van der Waals surface area contributed by atoms with Crippen molar-refractivity contribution in [3.8, 4) is 0 Å². The predicted octanol–water partition coefficient (Wildman–Crippen LogP) is 2.82. The highest BCUT2D eigenvalue weighted by Gasteiger charge is 2.15. The van der Waals surface area contributed by atoms with E-state index in [1.54, 1.807) is 10.9 Å². The van der Waals surface area contributed by atoms with Gasteiger partial charge in [0.25, 0.3) is 0 Å². The van der Waals surface area contributed by atoms with E-state index in [2.05, 4.69) is 20.9 Å². The van der Waals surface area contributed by atoms with Crippen LogP contribution in [0.5, 0.6) is 0 Å². The fraction of sp³-hybridized carbons (Fsp3) is 0.533. The number of carbonyl (C=O) groups is 1. The predicted molar refractivity (Wildman–Crippen MR) is 83.9 cm³/mol. The van der Waals surface area contributed by atoms with Gasteiger partial charge < -0.3 is 15.2 Å². The second kappa shape index (κ2) is 6.64. The van der Waals surface area contributed by atoms with E-state index in [9.17, 15) is 4.79 Å². The molecule has 0 fully saturated rings. The number of nitrogens with one attached hydrogen (secondary N) is 2. The molecular weight excluding hydrogens is 282 g/mol. The van der Waals surface area contributed by atoms with Gasteiger partial charge in [-0.05, 0) is 41.0 Å². The van der Waals surface area contributed by atoms with Crippen LogP contribution in [-0.4, -0.2) is 27.0 Å². The van der Waals surface area contributed by atoms with Crippen LogP contribution in [0, 0.1) is 13.8 Å². The van der Waals surface area contributed by atoms with Crippen molar-refractivity contribution in [3.05, 3.63) is 29.4 Å². The Morgan fingerprint density at radius 2 is 2.09 bits per heavy atom. The highest BCUT2D eigenvalue weighted by Crippen LogP contribution is 2.14. The van der Waals surface area contributed by atoms with Crippen LogP contribution in [0.2, 0.25) is 0 Å². The molecule has 0 spiro atoms. The number of hydrogen-bond donors (Lipinski definition) is 2. The zero-order valence-corrected chi connectivity index (χ0v) is 13.7. The minimum absolute atomic E-state index is 0.0306. The summed E-state index contributed by atoms with van der Waals surface area (Å²) in [5.41, 5.74) is 2.58. The third-order valence-electron chi connectivity index (χ3n) is 3.46. The first-order chi connectivity index (χ1) is 10.4. The Hall–Kier alpha value is -2.31. The molecule has 120 valence electrons. The number of amides is 2. The molecule has 0 aliphatic rings. The Morgan fingerprint density at radius 1 is 1.36 bits per heavy atom. The summed E-state index contributed by atoms with van der Waals surface area (Å²) in [5.74, 6) is 0.796. The average Bonchev–Trinajstić information content (AvgIpc) is 3.00. The number of aryl methyl sites for hydroxylation is 2. The molecular formula is C15H23N5O2. The van der Waals surface area contributed by atoms with Crippen LogP contribution in [0.3, 0.4) is 0 Å². The topological polar surface area (TPSA) is 85.0 Å². The van der Waals surface area contributed by atoms with E-state index >= 15 is 0 Å². The highest BCUT2D eigenvalue weighted by atomic mass is 16.5. The number of rotatable bonds is 5. The van der Waals surface area contributed by atoms with E-state index in [1.807, 2.05) is 40.8 Å². The molecule has 2 amide bonds. The number of nitrogens with zero attached hydrogens (tertiary/aromatic N) is 3. The van der Waals surface area contributed by atoms with Crippen LogP contribution in [0.25, 0.3) is 0 Å². The summed E-state index contributed by atoms with van der Waals surface area (Å²) >= 11 is 0. The molecule has 0 saturated carbocycles. The van der Waals surface area contributed by atoms with Crippen LogP contribution >= 0.6 is 0 Å². The molecule has 2 aromatic heterocycles. The van der Waals surface area contributed by atoms with Gasteiger partial charge in [0.05, 0.1) is 17.6 Å². The largest absolute Gasteiger partial charge is 0.361 e. The van der Waals surface area contributed by atoms with Gasteiger partial charge in [-0.3, -0.25) is 4.68 Å². The first kappa shape index (κ1) is 16.1. The van der Waals surface area contributed by atoms with Crippen molar-refractivity contribution in [1.82, 2.24) is 20.3 Å². The van der Waals surface area contributed by atoms with Gasteiger partial charge in [0.2, 0.25) is 0 Å². The molecule has 0 saturated heterocycles. The third kappa shape index (κ3) is 3.87. The normalized spacial score (nSPS) is 12.5. The lowest BCUT2D eigenvalue weighted by molar-refractivity contribution is 0.249. The lowest BCUT2D eigenvalue weighted by atomic mass is 10.1. The van der Waals surface area contributed by atoms with Crippen molar-refractivity contribution in [2.24, 2.45) is 0 Å². The SMILES string of the molecule is Cc1noc(C)c1C[C@H](C)NC(=O)Nc1cnn(C(C)C)c1. The van der Waals surface area contributed by atoms with Gasteiger partial charge in [0, 0.05) is 23.8 Å². The minimum atomic E-state index is -0.248. The molecule has 0 bridgehead atoms. The van der Waals surface area contributed by atoms with E-state index in [1.165, 1.54) is 0 Å². The quantitative estimate of drug-likeness (QED) is 0.889. The third-order valence-corrected chi connectivity index (χ3v) is 3.46. The average molecular weight is 305 g/mol. The summed E-state index contributed by atoms with van der Waals surface area (Å²) in [6, 6.07) is -0.0170. The lowest BCUT2D eigenvalue weighted by Crippen LogP contribution is -2.37. The summed E-state index contributed by atoms with van der Waals surface area (Å²) in [6.45, 7) is 9.79. The van der Waals surface area contributed by atoms with Gasteiger partial charge in [-0.15, -0.1) is 0 Å². The molecule has 2 aromatic rings. The van der Waals surface area contributed by atoms with Crippen molar-refractivity contribution >= 4 is 11.7 Å². The van der Waals surface area contributed by atoms with Crippen LogP contribution in [0.4, 0.5) is 10.5 Å². The number of carbonyl (C=O) groups excluding carboxylic acids is 1. The maximum Gasteiger partial charge on any atom is 0.319 e. The fourth-order valence-corrected chi connectivity index (χ4v) is 2.23. The smallest absolute Gasteiger partial charge is 0.319 e. The molecule has 0 radical (unpaired) electrons. The zero-order chi connectivity index (χ0) is 16.3. The molecule has 0 aliphatic heterocycles. The van der Waals surface area contributed by atoms with Crippen molar-refractivity contribution in [3.63, 3.8) is 0 Å². The molecule has 0 unspecified atom stereocenters. The number of aromatic nitrogens is 3. The van der Waals surface area contributed by atoms with E-state index in [4.69, 9.17) is 4.52 Å². The van der Waals surface area contributed by atoms with Gasteiger partial charge in [-0.2, -0.15) is 5.10 Å². The maximum absolute atomic E-state index is 12.0. The van der Waals surface area contributed by atoms with Gasteiger partial charge in [0.1, 0.15) is 5.76 Å². The van der Waals surface area contributed by atoms with E-state index in [0.717, 1.165) is 17.0 Å². The summed E-state index contributed by atoms with van der Waals surface area (Å²) in [7, 11) is 0. The first-order valence-corrected chi connectivity index (χ1v) is 7.40. The molecule has 7 nitrogen and oxygen atoms in total. The number of anilines is 1. The zero-order valence-electron chi connectivity index (χ0n) is 13.7. The number of urea groups is 1. The Bertz CT molecular complexity index is 625. The standard InChI is InChI=1S/C15H23N5O2/c1-9(2)20-8-13(7-16-20)18-15(21)17-10(3)6-14-11(4)19-22-12(14)5/h7-10H,6H2,1-5H3,(H2,17,18,21)/t10-/m0/s1. The second-order valence-electron chi connectivity index (χ2n) is 5.81. The van der Waals surface area contributed by atoms with Crippen LogP contribution in [-0.2, 0) is 6.42 Å². The van der Waals surface area contributed by atoms with Crippen LogP contribution < -0.4 is 10.6 Å². The minimum Gasteiger partial charge on any atom is -0.361 e. The lowest BCUT2D eigenvalue weighted by Gasteiger charge is -2.14. The van der Waals surface area contributed by atoms with Crippen molar-refractivity contribution in [2.75, 3.05) is 5.32 Å².